The van der Waals surface area contributed by atoms with Crippen molar-refractivity contribution in [1.29, 1.82) is 0 Å². The van der Waals surface area contributed by atoms with Crippen molar-refractivity contribution >= 4 is 40.0 Å². The molecule has 0 unspecified atom stereocenters. The maximum atomic E-state index is 11.8. The number of nitrogens with zero attached hydrogens (tertiary/aromatic N) is 3. The highest BCUT2D eigenvalue weighted by molar-refractivity contribution is 8.02. The predicted octanol–water partition coefficient (Wildman–Crippen LogP) is 0.670. The topological polar surface area (TPSA) is 84.4 Å². The molecule has 2 amide bonds. The molecule has 1 aromatic rings. The van der Waals surface area contributed by atoms with Gasteiger partial charge in [0.05, 0.1) is 5.75 Å². The second-order valence-electron chi connectivity index (χ2n) is 3.60. The molecule has 2 heterocycles. The molecule has 0 spiro atoms. The van der Waals surface area contributed by atoms with E-state index < -0.39 is 0 Å². The third-order valence-corrected chi connectivity index (χ3v) is 3.70. The Hall–Kier alpha value is -1.45. The second kappa shape index (κ2) is 6.64. The number of amides is 2. The van der Waals surface area contributed by atoms with E-state index in [4.69, 9.17) is 4.74 Å². The smallest absolute Gasteiger partial charge is 0.246 e. The molecule has 1 N–H and O–H groups in total. The van der Waals surface area contributed by atoms with Crippen LogP contribution in [0.3, 0.4) is 0 Å². The van der Waals surface area contributed by atoms with Crippen LogP contribution in [0.2, 0.25) is 0 Å². The molecule has 0 atom stereocenters. The molecule has 7 nitrogen and oxygen atoms in total. The maximum Gasteiger partial charge on any atom is 0.246 e. The minimum absolute atomic E-state index is 0.0188. The number of rotatable bonds is 5. The molecule has 102 valence electrons. The highest BCUT2D eigenvalue weighted by Gasteiger charge is 2.18. The fourth-order valence-corrected chi connectivity index (χ4v) is 2.71. The predicted molar refractivity (Wildman–Crippen MR) is 72.6 cm³/mol. The van der Waals surface area contributed by atoms with Gasteiger partial charge in [-0.2, -0.15) is 0 Å². The van der Waals surface area contributed by atoms with Gasteiger partial charge in [-0.15, -0.1) is 22.0 Å². The van der Waals surface area contributed by atoms with Crippen LogP contribution in [-0.2, 0) is 20.9 Å². The zero-order valence-electron chi connectivity index (χ0n) is 10.2. The summed E-state index contributed by atoms with van der Waals surface area (Å²) >= 11 is 2.65. The number of ether oxygens (including phenoxy) is 1. The summed E-state index contributed by atoms with van der Waals surface area (Å²) < 4.78 is 4.91. The molecular formula is C10H12N4O3S2. The SMILES string of the molecule is COCc1nnc(NC(=O)CN2C=CSCC2=O)s1. The Kier molecular flexibility index (Phi) is 4.88. The van der Waals surface area contributed by atoms with E-state index in [9.17, 15) is 9.59 Å². The summed E-state index contributed by atoms with van der Waals surface area (Å²) in [5, 5.41) is 13.1. The molecule has 0 aromatic carbocycles. The fraction of sp³-hybridized carbons (Fsp3) is 0.400. The van der Waals surface area contributed by atoms with Gasteiger partial charge in [0.25, 0.3) is 0 Å². The average Bonchev–Trinajstić information content (AvgIpc) is 2.80. The largest absolute Gasteiger partial charge is 0.377 e. The van der Waals surface area contributed by atoms with Gasteiger partial charge >= 0.3 is 0 Å². The standard InChI is InChI=1S/C10H12N4O3S2/c1-17-5-8-12-13-10(19-8)11-7(15)4-14-2-3-18-6-9(14)16/h2-3H,4-6H2,1H3,(H,11,13,15). The normalized spacial score (nSPS) is 14.8. The lowest BCUT2D eigenvalue weighted by Crippen LogP contribution is -2.36. The van der Waals surface area contributed by atoms with Crippen molar-refractivity contribution in [2.45, 2.75) is 6.61 Å². The number of methoxy groups -OCH3 is 1. The van der Waals surface area contributed by atoms with E-state index in [2.05, 4.69) is 15.5 Å². The van der Waals surface area contributed by atoms with Crippen LogP contribution in [0.1, 0.15) is 5.01 Å². The highest BCUT2D eigenvalue weighted by Crippen LogP contribution is 2.16. The van der Waals surface area contributed by atoms with Crippen LogP contribution < -0.4 is 5.32 Å². The zero-order chi connectivity index (χ0) is 13.7. The lowest BCUT2D eigenvalue weighted by Gasteiger charge is -2.19. The van der Waals surface area contributed by atoms with E-state index in [1.807, 2.05) is 0 Å². The van der Waals surface area contributed by atoms with E-state index >= 15 is 0 Å². The molecule has 19 heavy (non-hydrogen) atoms. The summed E-state index contributed by atoms with van der Waals surface area (Å²) in [5.74, 6) is -0.0226. The lowest BCUT2D eigenvalue weighted by molar-refractivity contribution is -0.129. The number of anilines is 1. The van der Waals surface area contributed by atoms with Crippen molar-refractivity contribution in [2.75, 3.05) is 24.7 Å². The van der Waals surface area contributed by atoms with Crippen LogP contribution in [0.5, 0.6) is 0 Å². The van der Waals surface area contributed by atoms with Gasteiger partial charge < -0.3 is 9.64 Å². The number of carbonyl (C=O) groups excluding carboxylic acids is 2. The van der Waals surface area contributed by atoms with Gasteiger partial charge in [-0.25, -0.2) is 0 Å². The van der Waals surface area contributed by atoms with Crippen molar-refractivity contribution in [3.05, 3.63) is 16.6 Å². The third-order valence-electron chi connectivity index (χ3n) is 2.16. The van der Waals surface area contributed by atoms with Crippen molar-refractivity contribution in [3.8, 4) is 0 Å². The van der Waals surface area contributed by atoms with Crippen LogP contribution in [0.15, 0.2) is 11.6 Å². The van der Waals surface area contributed by atoms with Crippen LogP contribution in [0.25, 0.3) is 0 Å². The number of hydrogen-bond donors (Lipinski definition) is 1. The summed E-state index contributed by atoms with van der Waals surface area (Å²) in [5.41, 5.74) is 0. The van der Waals surface area contributed by atoms with Crippen molar-refractivity contribution in [3.63, 3.8) is 0 Å². The Morgan fingerprint density at radius 2 is 2.42 bits per heavy atom. The highest BCUT2D eigenvalue weighted by atomic mass is 32.2. The molecular weight excluding hydrogens is 288 g/mol. The Balaban J connectivity index is 1.88. The number of thioether (sulfide) groups is 1. The van der Waals surface area contributed by atoms with Gasteiger partial charge in [-0.1, -0.05) is 11.3 Å². The molecule has 0 fully saturated rings. The molecule has 1 aliphatic heterocycles. The summed E-state index contributed by atoms with van der Waals surface area (Å²) in [7, 11) is 1.56. The Bertz CT molecular complexity index is 503. The summed E-state index contributed by atoms with van der Waals surface area (Å²) in [6.07, 6.45) is 1.60. The third kappa shape index (κ3) is 4.01. The number of nitrogens with one attached hydrogen (secondary N) is 1. The summed E-state index contributed by atoms with van der Waals surface area (Å²) in [6.45, 7) is 0.340. The molecule has 0 radical (unpaired) electrons. The summed E-state index contributed by atoms with van der Waals surface area (Å²) in [4.78, 5) is 24.6. The average molecular weight is 300 g/mol. The fourth-order valence-electron chi connectivity index (χ4n) is 1.34. The van der Waals surface area contributed by atoms with E-state index in [1.165, 1.54) is 28.0 Å². The van der Waals surface area contributed by atoms with Gasteiger partial charge in [0.15, 0.2) is 0 Å². The van der Waals surface area contributed by atoms with Crippen molar-refractivity contribution < 1.29 is 14.3 Å². The molecule has 9 heteroatoms. The Labute approximate surface area is 118 Å². The van der Waals surface area contributed by atoms with E-state index in [0.717, 1.165) is 0 Å². The van der Waals surface area contributed by atoms with Crippen molar-refractivity contribution in [2.24, 2.45) is 0 Å². The monoisotopic (exact) mass is 300 g/mol. The molecule has 1 aliphatic rings. The molecule has 1 aromatic heterocycles. The molecule has 0 saturated heterocycles. The molecule has 0 bridgehead atoms. The minimum Gasteiger partial charge on any atom is -0.377 e. The van der Waals surface area contributed by atoms with Crippen molar-refractivity contribution in [1.82, 2.24) is 15.1 Å². The van der Waals surface area contributed by atoms with Gasteiger partial charge in [0.2, 0.25) is 16.9 Å². The first-order chi connectivity index (χ1) is 9.19. The Morgan fingerprint density at radius 1 is 1.58 bits per heavy atom. The van der Waals surface area contributed by atoms with Crippen LogP contribution in [-0.4, -0.2) is 46.3 Å². The van der Waals surface area contributed by atoms with Gasteiger partial charge in [-0.05, 0) is 5.41 Å². The maximum absolute atomic E-state index is 11.8. The van der Waals surface area contributed by atoms with E-state index in [-0.39, 0.29) is 18.4 Å². The minimum atomic E-state index is -0.301. The quantitative estimate of drug-likeness (QED) is 0.860. The first-order valence-corrected chi connectivity index (χ1v) is 7.24. The van der Waals surface area contributed by atoms with Gasteiger partial charge in [-0.3, -0.25) is 14.9 Å². The second-order valence-corrected chi connectivity index (χ2v) is 5.56. The first kappa shape index (κ1) is 14.0. The number of carbonyl (C=O) groups is 2. The first-order valence-electron chi connectivity index (χ1n) is 5.38. The lowest BCUT2D eigenvalue weighted by atomic mass is 10.4. The summed E-state index contributed by atoms with van der Waals surface area (Å²) in [6, 6.07) is 0. The molecule has 2 rings (SSSR count). The van der Waals surface area contributed by atoms with E-state index in [1.54, 1.807) is 18.7 Å². The van der Waals surface area contributed by atoms with Crippen LogP contribution in [0, 0.1) is 0 Å². The molecule has 0 saturated carbocycles. The van der Waals surface area contributed by atoms with E-state index in [0.29, 0.717) is 22.5 Å². The number of aromatic nitrogens is 2. The van der Waals surface area contributed by atoms with Gasteiger partial charge in [0.1, 0.15) is 18.2 Å². The van der Waals surface area contributed by atoms with Gasteiger partial charge in [0, 0.05) is 13.3 Å². The molecule has 0 aliphatic carbocycles. The zero-order valence-corrected chi connectivity index (χ0v) is 11.8. The van der Waals surface area contributed by atoms with Crippen LogP contribution in [0.4, 0.5) is 5.13 Å². The number of hydrogen-bond acceptors (Lipinski definition) is 7. The Morgan fingerprint density at radius 3 is 3.16 bits per heavy atom. The van der Waals surface area contributed by atoms with Crippen LogP contribution >= 0.6 is 23.1 Å².